The lowest BCUT2D eigenvalue weighted by Gasteiger charge is -2.05. The molecule has 1 aromatic carbocycles. The fourth-order valence-corrected chi connectivity index (χ4v) is 2.70. The Morgan fingerprint density at radius 3 is 2.37 bits per heavy atom. The van der Waals surface area contributed by atoms with Crippen molar-refractivity contribution in [3.05, 3.63) is 33.8 Å². The van der Waals surface area contributed by atoms with E-state index in [2.05, 4.69) is 22.9 Å². The molecule has 0 heterocycles. The van der Waals surface area contributed by atoms with Crippen LogP contribution in [0, 0.1) is 6.92 Å². The van der Waals surface area contributed by atoms with Crippen LogP contribution in [0.25, 0.3) is 0 Å². The lowest BCUT2D eigenvalue weighted by Crippen LogP contribution is -2.00. The third-order valence-electron chi connectivity index (χ3n) is 3.43. The lowest BCUT2D eigenvalue weighted by atomic mass is 10.0. The van der Waals surface area contributed by atoms with Crippen LogP contribution in [0.2, 0.25) is 0 Å². The third kappa shape index (κ3) is 6.38. The molecule has 106 valence electrons. The summed E-state index contributed by atoms with van der Waals surface area (Å²) < 4.78 is 0.922. The molecule has 0 radical (unpaired) electrons. The molecule has 0 saturated heterocycles. The summed E-state index contributed by atoms with van der Waals surface area (Å²) in [5.41, 5.74) is 1.98. The second kappa shape index (κ2) is 9.30. The average Bonchev–Trinajstić information content (AvgIpc) is 2.40. The Morgan fingerprint density at radius 1 is 1.05 bits per heavy atom. The van der Waals surface area contributed by atoms with E-state index in [-0.39, 0.29) is 5.78 Å². The second-order valence-corrected chi connectivity index (χ2v) is 6.13. The van der Waals surface area contributed by atoms with Crippen molar-refractivity contribution in [1.29, 1.82) is 0 Å². The molecular weight excluding hydrogens is 300 g/mol. The minimum Gasteiger partial charge on any atom is -0.294 e. The van der Waals surface area contributed by atoms with Gasteiger partial charge >= 0.3 is 0 Å². The van der Waals surface area contributed by atoms with Crippen molar-refractivity contribution in [3.63, 3.8) is 0 Å². The van der Waals surface area contributed by atoms with E-state index in [1.54, 1.807) is 0 Å². The summed E-state index contributed by atoms with van der Waals surface area (Å²) in [6.45, 7) is 4.26. The Kier molecular flexibility index (Phi) is 8.04. The van der Waals surface area contributed by atoms with Gasteiger partial charge in [0.25, 0.3) is 0 Å². The number of ketones is 1. The number of hydrogen-bond acceptors (Lipinski definition) is 1. The summed E-state index contributed by atoms with van der Waals surface area (Å²) in [7, 11) is 0. The molecule has 0 aliphatic carbocycles. The van der Waals surface area contributed by atoms with Crippen molar-refractivity contribution in [3.8, 4) is 0 Å². The SMILES string of the molecule is CCCCCCCCCC(=O)c1cc(C)ccc1Br. The standard InChI is InChI=1S/C17H25BrO/c1-3-4-5-6-7-8-9-10-17(19)15-13-14(2)11-12-16(15)18/h11-13H,3-10H2,1-2H3. The molecule has 19 heavy (non-hydrogen) atoms. The van der Waals surface area contributed by atoms with Gasteiger partial charge < -0.3 is 0 Å². The van der Waals surface area contributed by atoms with Gasteiger partial charge in [-0.25, -0.2) is 0 Å². The Balaban J connectivity index is 2.26. The molecule has 0 amide bonds. The molecule has 0 N–H and O–H groups in total. The van der Waals surface area contributed by atoms with Crippen molar-refractivity contribution in [1.82, 2.24) is 0 Å². The average molecular weight is 325 g/mol. The van der Waals surface area contributed by atoms with Gasteiger partial charge in [-0.2, -0.15) is 0 Å². The summed E-state index contributed by atoms with van der Waals surface area (Å²) in [6.07, 6.45) is 9.43. The molecule has 0 spiro atoms. The Labute approximate surface area is 125 Å². The maximum absolute atomic E-state index is 12.1. The molecule has 1 aromatic rings. The van der Waals surface area contributed by atoms with Crippen LogP contribution in [0.15, 0.2) is 22.7 Å². The minimum atomic E-state index is 0.268. The normalized spacial score (nSPS) is 10.7. The van der Waals surface area contributed by atoms with Gasteiger partial charge in [-0.1, -0.05) is 73.0 Å². The zero-order valence-corrected chi connectivity index (χ0v) is 13.8. The van der Waals surface area contributed by atoms with Gasteiger partial charge in [0.1, 0.15) is 0 Å². The van der Waals surface area contributed by atoms with Crippen LogP contribution in [0.3, 0.4) is 0 Å². The van der Waals surface area contributed by atoms with Gasteiger partial charge in [0.2, 0.25) is 0 Å². The quantitative estimate of drug-likeness (QED) is 0.397. The van der Waals surface area contributed by atoms with Crippen LogP contribution in [-0.4, -0.2) is 5.78 Å². The number of Topliss-reactive ketones (excluding diaryl/α,β-unsaturated/α-hetero) is 1. The van der Waals surface area contributed by atoms with Crippen LogP contribution < -0.4 is 0 Å². The number of rotatable bonds is 9. The molecule has 0 saturated carbocycles. The molecule has 0 aromatic heterocycles. The smallest absolute Gasteiger partial charge is 0.164 e. The molecule has 1 rings (SSSR count). The molecule has 0 atom stereocenters. The topological polar surface area (TPSA) is 17.1 Å². The van der Waals surface area contributed by atoms with Crippen molar-refractivity contribution < 1.29 is 4.79 Å². The maximum atomic E-state index is 12.1. The monoisotopic (exact) mass is 324 g/mol. The molecule has 0 aliphatic heterocycles. The van der Waals surface area contributed by atoms with Gasteiger partial charge in [0, 0.05) is 16.5 Å². The van der Waals surface area contributed by atoms with E-state index in [0.717, 1.165) is 22.0 Å². The van der Waals surface area contributed by atoms with Crippen LogP contribution in [0.5, 0.6) is 0 Å². The van der Waals surface area contributed by atoms with Crippen LogP contribution in [0.4, 0.5) is 0 Å². The number of aryl methyl sites for hydroxylation is 1. The van der Waals surface area contributed by atoms with Crippen molar-refractivity contribution in [2.45, 2.75) is 65.2 Å². The van der Waals surface area contributed by atoms with Crippen LogP contribution in [-0.2, 0) is 0 Å². The van der Waals surface area contributed by atoms with E-state index in [1.165, 1.54) is 38.5 Å². The number of benzene rings is 1. The predicted octanol–water partition coefficient (Wildman–Crippen LogP) is 6.08. The van der Waals surface area contributed by atoms with Gasteiger partial charge in [-0.05, 0) is 25.5 Å². The maximum Gasteiger partial charge on any atom is 0.164 e. The fourth-order valence-electron chi connectivity index (χ4n) is 2.23. The second-order valence-electron chi connectivity index (χ2n) is 5.28. The van der Waals surface area contributed by atoms with Gasteiger partial charge in [-0.3, -0.25) is 4.79 Å². The molecule has 1 nitrogen and oxygen atoms in total. The first-order chi connectivity index (χ1) is 9.15. The Bertz CT molecular complexity index is 398. The van der Waals surface area contributed by atoms with E-state index in [9.17, 15) is 4.79 Å². The minimum absolute atomic E-state index is 0.268. The molecule has 0 bridgehead atoms. The molecule has 2 heteroatoms. The molecule has 0 unspecified atom stereocenters. The number of carbonyl (C=O) groups is 1. The van der Waals surface area contributed by atoms with E-state index in [1.807, 2.05) is 25.1 Å². The van der Waals surface area contributed by atoms with Crippen molar-refractivity contribution in [2.75, 3.05) is 0 Å². The predicted molar refractivity (Wildman–Crippen MR) is 85.8 cm³/mol. The van der Waals surface area contributed by atoms with Crippen LogP contribution in [0.1, 0.15) is 74.2 Å². The molecule has 0 fully saturated rings. The Morgan fingerprint density at radius 2 is 1.68 bits per heavy atom. The van der Waals surface area contributed by atoms with E-state index >= 15 is 0 Å². The first-order valence-corrected chi connectivity index (χ1v) is 8.23. The summed E-state index contributed by atoms with van der Waals surface area (Å²) in [4.78, 5) is 12.1. The number of halogens is 1. The highest BCUT2D eigenvalue weighted by atomic mass is 79.9. The summed E-state index contributed by atoms with van der Waals surface area (Å²) in [5, 5.41) is 0. The highest BCUT2D eigenvalue weighted by molar-refractivity contribution is 9.10. The zero-order chi connectivity index (χ0) is 14.1. The number of carbonyl (C=O) groups excluding carboxylic acids is 1. The van der Waals surface area contributed by atoms with E-state index in [4.69, 9.17) is 0 Å². The van der Waals surface area contributed by atoms with E-state index in [0.29, 0.717) is 6.42 Å². The largest absolute Gasteiger partial charge is 0.294 e. The van der Waals surface area contributed by atoms with Gasteiger partial charge in [0.05, 0.1) is 0 Å². The van der Waals surface area contributed by atoms with E-state index < -0.39 is 0 Å². The summed E-state index contributed by atoms with van der Waals surface area (Å²) in [6, 6.07) is 5.97. The Hall–Kier alpha value is -0.630. The lowest BCUT2D eigenvalue weighted by molar-refractivity contribution is 0.0978. The first-order valence-electron chi connectivity index (χ1n) is 7.44. The highest BCUT2D eigenvalue weighted by Crippen LogP contribution is 2.21. The first kappa shape index (κ1) is 16.4. The molecular formula is C17H25BrO. The van der Waals surface area contributed by atoms with Gasteiger partial charge in [0.15, 0.2) is 5.78 Å². The van der Waals surface area contributed by atoms with Crippen molar-refractivity contribution in [2.24, 2.45) is 0 Å². The fraction of sp³-hybridized carbons (Fsp3) is 0.588. The number of unbranched alkanes of at least 4 members (excludes halogenated alkanes) is 6. The highest BCUT2D eigenvalue weighted by Gasteiger charge is 2.09. The number of hydrogen-bond donors (Lipinski definition) is 0. The third-order valence-corrected chi connectivity index (χ3v) is 4.12. The summed E-state index contributed by atoms with van der Waals surface area (Å²) in [5.74, 6) is 0.268. The van der Waals surface area contributed by atoms with Crippen LogP contribution >= 0.6 is 15.9 Å². The van der Waals surface area contributed by atoms with Gasteiger partial charge in [-0.15, -0.1) is 0 Å². The summed E-state index contributed by atoms with van der Waals surface area (Å²) >= 11 is 3.46. The van der Waals surface area contributed by atoms with Crippen molar-refractivity contribution >= 4 is 21.7 Å². The zero-order valence-electron chi connectivity index (χ0n) is 12.2. The molecule has 0 aliphatic rings.